The van der Waals surface area contributed by atoms with Gasteiger partial charge in [-0.15, -0.1) is 11.8 Å². The normalized spacial score (nSPS) is 26.7. The Bertz CT molecular complexity index is 443. The van der Waals surface area contributed by atoms with Crippen LogP contribution in [0.2, 0.25) is 0 Å². The number of amides is 1. The van der Waals surface area contributed by atoms with E-state index in [0.29, 0.717) is 0 Å². The van der Waals surface area contributed by atoms with Gasteiger partial charge >= 0.3 is 0 Å². The first-order valence-electron chi connectivity index (χ1n) is 6.54. The van der Waals surface area contributed by atoms with Gasteiger partial charge in [0.25, 0.3) is 0 Å². The van der Waals surface area contributed by atoms with Crippen molar-refractivity contribution in [2.24, 2.45) is 0 Å². The minimum atomic E-state index is -0.0101. The Morgan fingerprint density at radius 1 is 1.39 bits per heavy atom. The van der Waals surface area contributed by atoms with Crippen LogP contribution in [0.5, 0.6) is 0 Å². The molecule has 0 bridgehead atoms. The smallest absolute Gasteiger partial charge is 0.238 e. The van der Waals surface area contributed by atoms with Gasteiger partial charge < -0.3 is 5.32 Å². The predicted molar refractivity (Wildman–Crippen MR) is 74.5 cm³/mol. The van der Waals surface area contributed by atoms with Crippen LogP contribution in [0.3, 0.4) is 0 Å². The molecule has 0 radical (unpaired) electrons. The van der Waals surface area contributed by atoms with Crippen LogP contribution in [-0.2, 0) is 11.2 Å². The largest absolute Gasteiger partial charge is 0.348 e. The van der Waals surface area contributed by atoms with Gasteiger partial charge in [-0.05, 0) is 30.4 Å². The van der Waals surface area contributed by atoms with Gasteiger partial charge in [-0.25, -0.2) is 0 Å². The van der Waals surface area contributed by atoms with Gasteiger partial charge in [-0.2, -0.15) is 0 Å². The average molecular weight is 262 g/mol. The Hall–Kier alpha value is -1.00. The molecule has 0 spiro atoms. The highest BCUT2D eigenvalue weighted by atomic mass is 32.2. The Kier molecular flexibility index (Phi) is 3.57. The van der Waals surface area contributed by atoms with Crippen LogP contribution in [-0.4, -0.2) is 23.6 Å². The van der Waals surface area contributed by atoms with Crippen molar-refractivity contribution in [1.82, 2.24) is 10.6 Å². The number of fused-ring (bicyclic) bond motifs is 1. The molecule has 3 nitrogen and oxygen atoms in total. The van der Waals surface area contributed by atoms with E-state index in [1.165, 1.54) is 11.1 Å². The van der Waals surface area contributed by atoms with Crippen molar-refractivity contribution in [3.05, 3.63) is 35.4 Å². The summed E-state index contributed by atoms with van der Waals surface area (Å²) in [6.45, 7) is 0. The van der Waals surface area contributed by atoms with E-state index in [1.54, 1.807) is 11.8 Å². The van der Waals surface area contributed by atoms with Crippen LogP contribution in [0.4, 0.5) is 0 Å². The summed E-state index contributed by atoms with van der Waals surface area (Å²) >= 11 is 1.79. The van der Waals surface area contributed by atoms with E-state index in [2.05, 4.69) is 34.9 Å². The lowest BCUT2D eigenvalue weighted by atomic mass is 9.87. The number of rotatable bonds is 2. The molecule has 0 unspecified atom stereocenters. The highest BCUT2D eigenvalue weighted by molar-refractivity contribution is 7.99. The van der Waals surface area contributed by atoms with E-state index in [0.717, 1.165) is 30.9 Å². The van der Waals surface area contributed by atoms with E-state index < -0.39 is 0 Å². The molecule has 1 aromatic rings. The summed E-state index contributed by atoms with van der Waals surface area (Å²) < 4.78 is 0. The molecule has 4 heteroatoms. The van der Waals surface area contributed by atoms with E-state index in [4.69, 9.17) is 0 Å². The third-order valence-electron chi connectivity index (χ3n) is 3.72. The molecule has 1 heterocycles. The molecular formula is C14H18N2OS. The molecule has 2 atom stereocenters. The van der Waals surface area contributed by atoms with Gasteiger partial charge in [0.15, 0.2) is 0 Å². The molecular weight excluding hydrogens is 244 g/mol. The summed E-state index contributed by atoms with van der Waals surface area (Å²) in [5, 5.41) is 6.42. The fourth-order valence-electron chi connectivity index (χ4n) is 2.74. The highest BCUT2D eigenvalue weighted by Gasteiger charge is 2.27. The van der Waals surface area contributed by atoms with Crippen LogP contribution in [0, 0.1) is 0 Å². The molecule has 1 aliphatic heterocycles. The molecule has 1 fully saturated rings. The number of aryl methyl sites for hydroxylation is 1. The summed E-state index contributed by atoms with van der Waals surface area (Å²) in [7, 11) is 0. The molecule has 18 heavy (non-hydrogen) atoms. The van der Waals surface area contributed by atoms with Crippen LogP contribution < -0.4 is 10.6 Å². The number of benzene rings is 1. The number of nitrogens with one attached hydrogen (secondary N) is 2. The number of hydrogen-bond acceptors (Lipinski definition) is 3. The standard InChI is InChI=1S/C14H18N2OS/c17-14(13-8-18-9-15-13)16-12-7-3-5-10-4-1-2-6-11(10)12/h1-2,4,6,12-13,15H,3,5,7-9H2,(H,16,17)/t12-,13+/m1/s1. The van der Waals surface area contributed by atoms with Crippen molar-refractivity contribution in [1.29, 1.82) is 0 Å². The summed E-state index contributed by atoms with van der Waals surface area (Å²) in [6, 6.07) is 8.66. The lowest BCUT2D eigenvalue weighted by Crippen LogP contribution is -2.44. The molecule has 0 aromatic heterocycles. The Morgan fingerprint density at radius 3 is 3.11 bits per heavy atom. The number of thioether (sulfide) groups is 1. The maximum Gasteiger partial charge on any atom is 0.238 e. The molecule has 2 N–H and O–H groups in total. The van der Waals surface area contributed by atoms with Crippen LogP contribution in [0.25, 0.3) is 0 Å². The van der Waals surface area contributed by atoms with E-state index in [9.17, 15) is 4.79 Å². The van der Waals surface area contributed by atoms with Crippen molar-refractivity contribution >= 4 is 17.7 Å². The average Bonchev–Trinajstić information content (AvgIpc) is 2.93. The highest BCUT2D eigenvalue weighted by Crippen LogP contribution is 2.29. The summed E-state index contributed by atoms with van der Waals surface area (Å²) in [4.78, 5) is 12.1. The Labute approximate surface area is 112 Å². The molecule has 1 amide bonds. The quantitative estimate of drug-likeness (QED) is 0.854. The number of carbonyl (C=O) groups excluding carboxylic acids is 1. The van der Waals surface area contributed by atoms with E-state index >= 15 is 0 Å². The minimum absolute atomic E-state index is 0.0101. The molecule has 96 valence electrons. The Balaban J connectivity index is 1.72. The fraction of sp³-hybridized carbons (Fsp3) is 0.500. The molecule has 1 aromatic carbocycles. The monoisotopic (exact) mass is 262 g/mol. The van der Waals surface area contributed by atoms with Gasteiger partial charge in [0, 0.05) is 11.6 Å². The molecule has 1 aliphatic carbocycles. The first kappa shape index (κ1) is 12.1. The summed E-state index contributed by atoms with van der Waals surface area (Å²) in [6.07, 6.45) is 3.36. The molecule has 2 aliphatic rings. The van der Waals surface area contributed by atoms with Gasteiger partial charge in [0.2, 0.25) is 5.91 Å². The fourth-order valence-corrected chi connectivity index (χ4v) is 3.68. The summed E-state index contributed by atoms with van der Waals surface area (Å²) in [5.41, 5.74) is 2.70. The minimum Gasteiger partial charge on any atom is -0.348 e. The van der Waals surface area contributed by atoms with E-state index in [-0.39, 0.29) is 18.0 Å². The first-order chi connectivity index (χ1) is 8.84. The topological polar surface area (TPSA) is 41.1 Å². The molecule has 0 saturated carbocycles. The van der Waals surface area contributed by atoms with Crippen molar-refractivity contribution < 1.29 is 4.79 Å². The van der Waals surface area contributed by atoms with Crippen molar-refractivity contribution in [2.45, 2.75) is 31.3 Å². The first-order valence-corrected chi connectivity index (χ1v) is 7.69. The molecule has 1 saturated heterocycles. The van der Waals surface area contributed by atoms with Crippen molar-refractivity contribution in [3.63, 3.8) is 0 Å². The van der Waals surface area contributed by atoms with Crippen LogP contribution in [0.1, 0.15) is 30.0 Å². The van der Waals surface area contributed by atoms with Gasteiger partial charge in [-0.3, -0.25) is 10.1 Å². The summed E-state index contributed by atoms with van der Waals surface area (Å²) in [5.74, 6) is 1.93. The zero-order valence-corrected chi connectivity index (χ0v) is 11.1. The van der Waals surface area contributed by atoms with E-state index in [1.807, 2.05) is 0 Å². The second kappa shape index (κ2) is 5.33. The third kappa shape index (κ3) is 2.40. The third-order valence-corrected chi connectivity index (χ3v) is 4.66. The maximum atomic E-state index is 12.1. The van der Waals surface area contributed by atoms with Gasteiger partial charge in [0.05, 0.1) is 12.1 Å². The van der Waals surface area contributed by atoms with Crippen LogP contribution >= 0.6 is 11.8 Å². The zero-order valence-electron chi connectivity index (χ0n) is 10.3. The number of hydrogen-bond donors (Lipinski definition) is 2. The second-order valence-corrected chi connectivity index (χ2v) is 5.95. The predicted octanol–water partition coefficient (Wildman–Crippen LogP) is 1.84. The number of carbonyl (C=O) groups is 1. The van der Waals surface area contributed by atoms with Gasteiger partial charge in [-0.1, -0.05) is 24.3 Å². The lowest BCUT2D eigenvalue weighted by molar-refractivity contribution is -0.123. The SMILES string of the molecule is O=C(N[C@@H]1CCCc2ccccc21)[C@@H]1CSCN1. The van der Waals surface area contributed by atoms with Crippen LogP contribution in [0.15, 0.2) is 24.3 Å². The van der Waals surface area contributed by atoms with Crippen molar-refractivity contribution in [2.75, 3.05) is 11.6 Å². The van der Waals surface area contributed by atoms with Gasteiger partial charge in [0.1, 0.15) is 0 Å². The maximum absolute atomic E-state index is 12.1. The Morgan fingerprint density at radius 2 is 2.28 bits per heavy atom. The van der Waals surface area contributed by atoms with Crippen molar-refractivity contribution in [3.8, 4) is 0 Å². The molecule has 3 rings (SSSR count). The lowest BCUT2D eigenvalue weighted by Gasteiger charge is -2.27. The zero-order chi connectivity index (χ0) is 12.4. The second-order valence-electron chi connectivity index (χ2n) is 4.92.